The summed E-state index contributed by atoms with van der Waals surface area (Å²) in [5, 5.41) is 28.7. The Labute approximate surface area is 276 Å². The number of nitrogens with two attached hydrogens (primary N) is 1. The highest BCUT2D eigenvalue weighted by molar-refractivity contribution is 4.70. The first-order valence-corrected chi connectivity index (χ1v) is 19.8. The lowest BCUT2D eigenvalue weighted by molar-refractivity contribution is 0.0600. The smallest absolute Gasteiger partial charge is 0.0667 e. The van der Waals surface area contributed by atoms with Gasteiger partial charge in [-0.05, 0) is 77.8 Å². The van der Waals surface area contributed by atoms with Gasteiger partial charge in [0.1, 0.15) is 0 Å². The van der Waals surface area contributed by atoms with E-state index in [9.17, 15) is 10.2 Å². The molecule has 2 unspecified atom stereocenters. The van der Waals surface area contributed by atoms with E-state index in [4.69, 9.17) is 5.73 Å². The lowest BCUT2D eigenvalue weighted by Gasteiger charge is -2.27. The lowest BCUT2D eigenvalue weighted by atomic mass is 10.0. The summed E-state index contributed by atoms with van der Waals surface area (Å²) < 4.78 is 0. The summed E-state index contributed by atoms with van der Waals surface area (Å²) in [6, 6.07) is 0. The number of hydrogen-bond acceptors (Lipinski definition) is 6. The van der Waals surface area contributed by atoms with Crippen molar-refractivity contribution >= 4 is 0 Å². The monoisotopic (exact) mass is 627 g/mol. The highest BCUT2D eigenvalue weighted by atomic mass is 16.3. The summed E-state index contributed by atoms with van der Waals surface area (Å²) in [4.78, 5) is 2.34. The van der Waals surface area contributed by atoms with Crippen LogP contribution in [-0.2, 0) is 0 Å². The second-order valence-electron chi connectivity index (χ2n) is 13.7. The van der Waals surface area contributed by atoms with Crippen LogP contribution in [0.1, 0.15) is 181 Å². The Balaban J connectivity index is 4.19. The van der Waals surface area contributed by atoms with Crippen LogP contribution >= 0.6 is 0 Å². The standard InChI is InChI=1S/C38H82N4O2/c1-3-5-7-9-11-13-15-17-19-21-27-37(43)35-42(34-26-33-41-31-24-23-30-40-32-25-29-39)36-38(44)28-22-20-18-16-14-12-10-8-6-4-2/h37-38,40-41,43-44H,3-36,39H2,1-2H3. The molecule has 0 aromatic heterocycles. The van der Waals surface area contributed by atoms with E-state index in [0.29, 0.717) is 13.1 Å². The molecule has 266 valence electrons. The molecular weight excluding hydrogens is 544 g/mol. The van der Waals surface area contributed by atoms with Gasteiger partial charge in [0.2, 0.25) is 0 Å². The molecule has 0 saturated heterocycles. The first kappa shape index (κ1) is 43.8. The average Bonchev–Trinajstić information content (AvgIpc) is 3.01. The Morgan fingerprint density at radius 3 is 1.18 bits per heavy atom. The minimum Gasteiger partial charge on any atom is -0.392 e. The van der Waals surface area contributed by atoms with E-state index in [1.807, 2.05) is 0 Å². The number of aliphatic hydroxyl groups excluding tert-OH is 2. The molecule has 6 nitrogen and oxygen atoms in total. The van der Waals surface area contributed by atoms with Crippen LogP contribution in [0.3, 0.4) is 0 Å². The zero-order valence-electron chi connectivity index (χ0n) is 30.1. The largest absolute Gasteiger partial charge is 0.392 e. The van der Waals surface area contributed by atoms with Gasteiger partial charge in [-0.3, -0.25) is 4.90 Å². The van der Waals surface area contributed by atoms with Gasteiger partial charge in [0, 0.05) is 13.1 Å². The zero-order valence-corrected chi connectivity index (χ0v) is 30.1. The van der Waals surface area contributed by atoms with E-state index in [0.717, 1.165) is 77.8 Å². The van der Waals surface area contributed by atoms with Crippen molar-refractivity contribution in [1.82, 2.24) is 15.5 Å². The van der Waals surface area contributed by atoms with Crippen molar-refractivity contribution in [2.75, 3.05) is 52.4 Å². The second kappa shape index (κ2) is 37.2. The maximum atomic E-state index is 10.8. The molecule has 0 heterocycles. The van der Waals surface area contributed by atoms with E-state index in [2.05, 4.69) is 29.4 Å². The van der Waals surface area contributed by atoms with Crippen molar-refractivity contribution < 1.29 is 10.2 Å². The van der Waals surface area contributed by atoms with Crippen LogP contribution < -0.4 is 16.4 Å². The van der Waals surface area contributed by atoms with Crippen molar-refractivity contribution in [2.24, 2.45) is 5.73 Å². The maximum Gasteiger partial charge on any atom is 0.0667 e. The first-order valence-electron chi connectivity index (χ1n) is 19.8. The molecule has 2 atom stereocenters. The van der Waals surface area contributed by atoms with Gasteiger partial charge >= 0.3 is 0 Å². The normalized spacial score (nSPS) is 13.2. The molecule has 6 N–H and O–H groups in total. The molecule has 0 saturated carbocycles. The summed E-state index contributed by atoms with van der Waals surface area (Å²) in [5.74, 6) is 0. The van der Waals surface area contributed by atoms with Gasteiger partial charge in [-0.25, -0.2) is 0 Å². The molecule has 0 aromatic carbocycles. The Morgan fingerprint density at radius 1 is 0.455 bits per heavy atom. The Kier molecular flexibility index (Phi) is 37.0. The van der Waals surface area contributed by atoms with E-state index in [1.165, 1.54) is 128 Å². The third-order valence-corrected chi connectivity index (χ3v) is 9.06. The minimum absolute atomic E-state index is 0.284. The number of unbranched alkanes of at least 4 members (excludes halogenated alkanes) is 19. The third-order valence-electron chi connectivity index (χ3n) is 9.06. The second-order valence-corrected chi connectivity index (χ2v) is 13.7. The Hall–Kier alpha value is -0.240. The Bertz CT molecular complexity index is 493. The van der Waals surface area contributed by atoms with E-state index in [1.54, 1.807) is 0 Å². The molecule has 0 spiro atoms. The molecular formula is C38H82N4O2. The molecule has 0 amide bonds. The summed E-state index contributed by atoms with van der Waals surface area (Å²) in [6.07, 6.45) is 32.2. The van der Waals surface area contributed by atoms with Crippen LogP contribution in [0.2, 0.25) is 0 Å². The van der Waals surface area contributed by atoms with Crippen molar-refractivity contribution in [3.63, 3.8) is 0 Å². The Morgan fingerprint density at radius 2 is 0.795 bits per heavy atom. The molecule has 0 bridgehead atoms. The van der Waals surface area contributed by atoms with Crippen molar-refractivity contribution in [2.45, 2.75) is 193 Å². The van der Waals surface area contributed by atoms with Gasteiger partial charge in [0.05, 0.1) is 12.2 Å². The van der Waals surface area contributed by atoms with Gasteiger partial charge in [0.15, 0.2) is 0 Å². The van der Waals surface area contributed by atoms with Crippen LogP contribution in [0.25, 0.3) is 0 Å². The van der Waals surface area contributed by atoms with Crippen LogP contribution in [0.4, 0.5) is 0 Å². The lowest BCUT2D eigenvalue weighted by Crippen LogP contribution is -2.39. The van der Waals surface area contributed by atoms with Crippen LogP contribution in [-0.4, -0.2) is 79.7 Å². The SMILES string of the molecule is CCCCCCCCCCCCC(O)CN(CCCNCCCCNCCCN)CC(O)CCCCCCCCCCCC. The quantitative estimate of drug-likeness (QED) is 0.0443. The maximum absolute atomic E-state index is 10.8. The molecule has 0 aliphatic carbocycles. The van der Waals surface area contributed by atoms with Crippen molar-refractivity contribution in [3.8, 4) is 0 Å². The molecule has 0 fully saturated rings. The van der Waals surface area contributed by atoms with Crippen LogP contribution in [0, 0.1) is 0 Å². The fourth-order valence-corrected chi connectivity index (χ4v) is 6.18. The fourth-order valence-electron chi connectivity index (χ4n) is 6.18. The van der Waals surface area contributed by atoms with Gasteiger partial charge in [-0.1, -0.05) is 142 Å². The average molecular weight is 627 g/mol. The highest BCUT2D eigenvalue weighted by Crippen LogP contribution is 2.15. The molecule has 6 heteroatoms. The van der Waals surface area contributed by atoms with Crippen molar-refractivity contribution in [1.29, 1.82) is 0 Å². The fraction of sp³-hybridized carbons (Fsp3) is 1.00. The predicted octanol–water partition coefficient (Wildman–Crippen LogP) is 8.33. The molecule has 0 aliphatic heterocycles. The number of nitrogens with one attached hydrogen (secondary N) is 2. The topological polar surface area (TPSA) is 93.8 Å². The zero-order chi connectivity index (χ0) is 32.2. The molecule has 0 aliphatic rings. The van der Waals surface area contributed by atoms with E-state index < -0.39 is 0 Å². The molecule has 44 heavy (non-hydrogen) atoms. The number of nitrogens with zero attached hydrogens (tertiary/aromatic N) is 1. The number of hydrogen-bond donors (Lipinski definition) is 5. The summed E-state index contributed by atoms with van der Waals surface area (Å²) >= 11 is 0. The van der Waals surface area contributed by atoms with E-state index in [-0.39, 0.29) is 12.2 Å². The summed E-state index contributed by atoms with van der Waals surface area (Å²) in [5.41, 5.74) is 5.54. The summed E-state index contributed by atoms with van der Waals surface area (Å²) in [6.45, 7) is 11.8. The molecule has 0 rings (SSSR count). The van der Waals surface area contributed by atoms with Gasteiger partial charge in [-0.2, -0.15) is 0 Å². The van der Waals surface area contributed by atoms with E-state index >= 15 is 0 Å². The highest BCUT2D eigenvalue weighted by Gasteiger charge is 2.15. The van der Waals surface area contributed by atoms with Crippen molar-refractivity contribution in [3.05, 3.63) is 0 Å². The predicted molar refractivity (Wildman–Crippen MR) is 195 cm³/mol. The molecule has 0 radical (unpaired) electrons. The van der Waals surface area contributed by atoms with Crippen LogP contribution in [0.15, 0.2) is 0 Å². The summed E-state index contributed by atoms with van der Waals surface area (Å²) in [7, 11) is 0. The van der Waals surface area contributed by atoms with Gasteiger partial charge in [-0.15, -0.1) is 0 Å². The number of aliphatic hydroxyl groups is 2. The first-order chi connectivity index (χ1) is 21.6. The van der Waals surface area contributed by atoms with Gasteiger partial charge < -0.3 is 26.6 Å². The van der Waals surface area contributed by atoms with Crippen LogP contribution in [0.5, 0.6) is 0 Å². The minimum atomic E-state index is -0.284. The number of rotatable bonds is 38. The van der Waals surface area contributed by atoms with Gasteiger partial charge in [0.25, 0.3) is 0 Å². The third kappa shape index (κ3) is 34.6. The molecule has 0 aromatic rings.